The average Bonchev–Trinajstić information content (AvgIpc) is 3.28. The molecule has 0 radical (unpaired) electrons. The molecule has 5 aromatic carbocycles. The second-order valence-electron chi connectivity index (χ2n) is 8.51. The van der Waals surface area contributed by atoms with Gasteiger partial charge in [0.25, 0.3) is 0 Å². The molecule has 2 nitrogen and oxygen atoms in total. The number of benzene rings is 5. The maximum absolute atomic E-state index is 5.09. The first-order chi connectivity index (χ1) is 16.3. The van der Waals surface area contributed by atoms with Crippen molar-refractivity contribution in [3.63, 3.8) is 0 Å². The molecule has 0 amide bonds. The molecule has 2 aromatic heterocycles. The highest BCUT2D eigenvalue weighted by atomic mass is 14.9. The van der Waals surface area contributed by atoms with Gasteiger partial charge in [0, 0.05) is 10.9 Å². The van der Waals surface area contributed by atoms with Crippen LogP contribution in [0.5, 0.6) is 0 Å². The van der Waals surface area contributed by atoms with Crippen molar-refractivity contribution in [1.29, 1.82) is 0 Å². The zero-order valence-corrected chi connectivity index (χ0v) is 17.9. The van der Waals surface area contributed by atoms with E-state index < -0.39 is 0 Å². The summed E-state index contributed by atoms with van der Waals surface area (Å²) < 4.78 is 2.34. The van der Waals surface area contributed by atoms with Gasteiger partial charge in [-0.2, -0.15) is 0 Å². The van der Waals surface area contributed by atoms with E-state index in [1.807, 2.05) is 0 Å². The largest absolute Gasteiger partial charge is 0.306 e. The topological polar surface area (TPSA) is 17.3 Å². The van der Waals surface area contributed by atoms with Gasteiger partial charge in [-0.3, -0.25) is 0 Å². The molecule has 0 atom stereocenters. The third-order valence-corrected chi connectivity index (χ3v) is 6.55. The van der Waals surface area contributed by atoms with Gasteiger partial charge in [-0.1, -0.05) is 91.0 Å². The van der Waals surface area contributed by atoms with Crippen LogP contribution in [0.2, 0.25) is 0 Å². The lowest BCUT2D eigenvalue weighted by atomic mass is 9.99. The zero-order valence-electron chi connectivity index (χ0n) is 17.9. The number of hydrogen-bond acceptors (Lipinski definition) is 1. The summed E-state index contributed by atoms with van der Waals surface area (Å²) in [7, 11) is 0. The van der Waals surface area contributed by atoms with Gasteiger partial charge >= 0.3 is 0 Å². The molecule has 0 aliphatic rings. The highest BCUT2D eigenvalue weighted by Crippen LogP contribution is 2.33. The number of para-hydroxylation sites is 3. The quantitative estimate of drug-likeness (QED) is 0.276. The van der Waals surface area contributed by atoms with Crippen molar-refractivity contribution in [1.82, 2.24) is 9.38 Å². The molecule has 0 bridgehead atoms. The fourth-order valence-electron chi connectivity index (χ4n) is 4.92. The van der Waals surface area contributed by atoms with Gasteiger partial charge in [-0.15, -0.1) is 0 Å². The molecule has 33 heavy (non-hydrogen) atoms. The molecule has 0 spiro atoms. The molecule has 0 unspecified atom stereocenters. The Hall–Kier alpha value is -4.43. The summed E-state index contributed by atoms with van der Waals surface area (Å²) in [6.07, 6.45) is 0. The molecule has 0 saturated heterocycles. The van der Waals surface area contributed by atoms with Gasteiger partial charge in [0.1, 0.15) is 0 Å². The third-order valence-electron chi connectivity index (χ3n) is 6.55. The summed E-state index contributed by atoms with van der Waals surface area (Å²) >= 11 is 0. The Labute approximate surface area is 191 Å². The van der Waals surface area contributed by atoms with Crippen LogP contribution in [0.4, 0.5) is 0 Å². The lowest BCUT2D eigenvalue weighted by molar-refractivity contribution is 1.27. The van der Waals surface area contributed by atoms with E-state index in [0.29, 0.717) is 0 Å². The Morgan fingerprint density at radius 3 is 1.91 bits per heavy atom. The maximum Gasteiger partial charge on any atom is 0.0950 e. The molecule has 7 aromatic rings. The Morgan fingerprint density at radius 2 is 1.06 bits per heavy atom. The molecule has 154 valence electrons. The predicted molar refractivity (Wildman–Crippen MR) is 139 cm³/mol. The fourth-order valence-corrected chi connectivity index (χ4v) is 4.92. The van der Waals surface area contributed by atoms with Crippen LogP contribution in [0, 0.1) is 0 Å². The zero-order chi connectivity index (χ0) is 21.8. The van der Waals surface area contributed by atoms with E-state index in [9.17, 15) is 0 Å². The standard InChI is InChI=1S/C31H20N2/c1-2-8-24-19-25(18-15-21(24)7-1)22-13-16-23(17-14-22)31-30-20-26-9-3-5-11-28(26)33(30)29-12-6-4-10-27(29)32-31/h1-20H. The first-order valence-electron chi connectivity index (χ1n) is 11.2. The summed E-state index contributed by atoms with van der Waals surface area (Å²) in [6, 6.07) is 43.1. The van der Waals surface area contributed by atoms with Crippen LogP contribution in [0.15, 0.2) is 121 Å². The number of hydrogen-bond donors (Lipinski definition) is 0. The summed E-state index contributed by atoms with van der Waals surface area (Å²) in [6.45, 7) is 0. The van der Waals surface area contributed by atoms with Crippen LogP contribution in [0.3, 0.4) is 0 Å². The van der Waals surface area contributed by atoms with Crippen LogP contribution in [-0.2, 0) is 0 Å². The van der Waals surface area contributed by atoms with Gasteiger partial charge in [0.05, 0.1) is 27.8 Å². The van der Waals surface area contributed by atoms with Crippen molar-refractivity contribution >= 4 is 38.2 Å². The minimum absolute atomic E-state index is 1.000. The van der Waals surface area contributed by atoms with Crippen LogP contribution >= 0.6 is 0 Å². The van der Waals surface area contributed by atoms with Crippen molar-refractivity contribution in [3.05, 3.63) is 121 Å². The van der Waals surface area contributed by atoms with Crippen LogP contribution in [0.25, 0.3) is 60.6 Å². The first-order valence-corrected chi connectivity index (χ1v) is 11.2. The van der Waals surface area contributed by atoms with E-state index in [0.717, 1.165) is 27.8 Å². The lowest BCUT2D eigenvalue weighted by Gasteiger charge is -2.10. The molecule has 0 aliphatic carbocycles. The second kappa shape index (κ2) is 7.04. The smallest absolute Gasteiger partial charge is 0.0950 e. The number of aromatic nitrogens is 2. The number of fused-ring (bicyclic) bond motifs is 6. The van der Waals surface area contributed by atoms with Crippen molar-refractivity contribution < 1.29 is 0 Å². The van der Waals surface area contributed by atoms with Crippen molar-refractivity contribution in [2.24, 2.45) is 0 Å². The molecule has 0 saturated carbocycles. The predicted octanol–water partition coefficient (Wildman–Crippen LogP) is 8.13. The molecular weight excluding hydrogens is 400 g/mol. The molecule has 2 heterocycles. The van der Waals surface area contributed by atoms with Crippen LogP contribution < -0.4 is 0 Å². The highest BCUT2D eigenvalue weighted by molar-refractivity contribution is 5.98. The maximum atomic E-state index is 5.09. The summed E-state index contributed by atoms with van der Waals surface area (Å²) in [5.41, 5.74) is 9.04. The van der Waals surface area contributed by atoms with E-state index in [-0.39, 0.29) is 0 Å². The van der Waals surface area contributed by atoms with E-state index >= 15 is 0 Å². The van der Waals surface area contributed by atoms with Crippen LogP contribution in [-0.4, -0.2) is 9.38 Å². The van der Waals surface area contributed by atoms with Crippen molar-refractivity contribution in [3.8, 4) is 22.4 Å². The van der Waals surface area contributed by atoms with Crippen molar-refractivity contribution in [2.75, 3.05) is 0 Å². The summed E-state index contributed by atoms with van der Waals surface area (Å²) in [4.78, 5) is 5.09. The molecule has 0 fully saturated rings. The minimum atomic E-state index is 1.000. The minimum Gasteiger partial charge on any atom is -0.306 e. The normalized spacial score (nSPS) is 11.6. The second-order valence-corrected chi connectivity index (χ2v) is 8.51. The van der Waals surface area contributed by atoms with Crippen molar-refractivity contribution in [2.45, 2.75) is 0 Å². The Bertz CT molecular complexity index is 1810. The van der Waals surface area contributed by atoms with Gasteiger partial charge in [0.2, 0.25) is 0 Å². The monoisotopic (exact) mass is 420 g/mol. The highest BCUT2D eigenvalue weighted by Gasteiger charge is 2.14. The number of nitrogens with zero attached hydrogens (tertiary/aromatic N) is 2. The van der Waals surface area contributed by atoms with Gasteiger partial charge in [0.15, 0.2) is 0 Å². The molecule has 0 N–H and O–H groups in total. The summed E-state index contributed by atoms with van der Waals surface area (Å²) in [5, 5.41) is 3.75. The van der Waals surface area contributed by atoms with E-state index in [1.54, 1.807) is 0 Å². The molecule has 7 rings (SSSR count). The molecule has 0 aliphatic heterocycles. The molecule has 2 heteroatoms. The SMILES string of the molecule is c1ccc2cc(-c3ccc(-c4nc5ccccc5n5c4cc4ccccc45)cc3)ccc2c1. The van der Waals surface area contributed by atoms with Gasteiger partial charge in [-0.25, -0.2) is 4.98 Å². The third kappa shape index (κ3) is 2.85. The fraction of sp³-hybridized carbons (Fsp3) is 0. The molecular formula is C31H20N2. The Kier molecular flexibility index (Phi) is 3.88. The van der Waals surface area contributed by atoms with Gasteiger partial charge in [-0.05, 0) is 52.2 Å². The van der Waals surface area contributed by atoms with E-state index in [4.69, 9.17) is 4.98 Å². The Balaban J connectivity index is 1.42. The first kappa shape index (κ1) is 18.2. The Morgan fingerprint density at radius 1 is 0.424 bits per heavy atom. The van der Waals surface area contributed by atoms with E-state index in [2.05, 4.69) is 126 Å². The average molecular weight is 421 g/mol. The van der Waals surface area contributed by atoms with Gasteiger partial charge < -0.3 is 4.40 Å². The summed E-state index contributed by atoms with van der Waals surface area (Å²) in [5.74, 6) is 0. The number of rotatable bonds is 2. The van der Waals surface area contributed by atoms with Crippen LogP contribution in [0.1, 0.15) is 0 Å². The lowest BCUT2D eigenvalue weighted by Crippen LogP contribution is -1.95. The van der Waals surface area contributed by atoms with E-state index in [1.165, 1.54) is 32.8 Å².